The lowest BCUT2D eigenvalue weighted by Gasteiger charge is -2.43. The first-order valence-electron chi connectivity index (χ1n) is 13.5. The summed E-state index contributed by atoms with van der Waals surface area (Å²) in [5, 5.41) is 10.0. The molecule has 14 heteroatoms. The van der Waals surface area contributed by atoms with Crippen molar-refractivity contribution in [3.8, 4) is 5.69 Å². The van der Waals surface area contributed by atoms with Gasteiger partial charge in [-0.2, -0.15) is 0 Å². The van der Waals surface area contributed by atoms with Gasteiger partial charge in [-0.15, -0.1) is 5.10 Å². The molecule has 4 aromatic rings. The number of carbonyl (C=O) groups excluding carboxylic acids is 1. The second-order valence-corrected chi connectivity index (χ2v) is 12.6. The lowest BCUT2D eigenvalue weighted by Crippen LogP contribution is -2.54. The lowest BCUT2D eigenvalue weighted by atomic mass is 9.97. The van der Waals surface area contributed by atoms with Gasteiger partial charge in [-0.3, -0.25) is 23.6 Å². The van der Waals surface area contributed by atoms with Crippen molar-refractivity contribution in [1.29, 1.82) is 0 Å². The standard InChI is InChI=1S/C28H31Cl3N8O3/c1-16(2)14-38-24-19(26(41)35(5)27(38)42)10-17(13-32-24)25(40)36-6-8-37(9-7-36)28(3,4)22-15-39(34-33-22)23-20(30)11-18(29)12-21(23)31/h10-13,15-16H,6-9,14H2,1-5H3. The Morgan fingerprint density at radius 3 is 2.29 bits per heavy atom. The number of aromatic nitrogens is 6. The molecule has 0 radical (unpaired) electrons. The van der Waals surface area contributed by atoms with E-state index in [9.17, 15) is 14.4 Å². The van der Waals surface area contributed by atoms with Gasteiger partial charge in [0, 0.05) is 51.0 Å². The summed E-state index contributed by atoms with van der Waals surface area (Å²) in [7, 11) is 1.44. The number of halogens is 3. The van der Waals surface area contributed by atoms with Gasteiger partial charge in [0.15, 0.2) is 0 Å². The molecule has 0 atom stereocenters. The van der Waals surface area contributed by atoms with Gasteiger partial charge in [-0.1, -0.05) is 53.9 Å². The van der Waals surface area contributed by atoms with Crippen LogP contribution in [-0.2, 0) is 19.1 Å². The van der Waals surface area contributed by atoms with E-state index in [1.54, 1.807) is 29.3 Å². The molecule has 0 bridgehead atoms. The average Bonchev–Trinajstić information content (AvgIpc) is 3.43. The van der Waals surface area contributed by atoms with Crippen LogP contribution in [0, 0.1) is 5.92 Å². The largest absolute Gasteiger partial charge is 0.336 e. The molecule has 0 spiro atoms. The van der Waals surface area contributed by atoms with Crippen LogP contribution in [0.3, 0.4) is 0 Å². The van der Waals surface area contributed by atoms with Crippen molar-refractivity contribution in [3.63, 3.8) is 0 Å². The summed E-state index contributed by atoms with van der Waals surface area (Å²) >= 11 is 18.8. The molecule has 42 heavy (non-hydrogen) atoms. The normalized spacial score (nSPS) is 14.7. The topological polar surface area (TPSA) is 111 Å². The second-order valence-electron chi connectivity index (χ2n) is 11.4. The zero-order valence-corrected chi connectivity index (χ0v) is 26.2. The number of carbonyl (C=O) groups is 1. The van der Waals surface area contributed by atoms with Gasteiger partial charge in [-0.05, 0) is 38.0 Å². The van der Waals surface area contributed by atoms with Crippen molar-refractivity contribution in [2.24, 2.45) is 13.0 Å². The molecule has 0 unspecified atom stereocenters. The summed E-state index contributed by atoms with van der Waals surface area (Å²) in [4.78, 5) is 47.5. The van der Waals surface area contributed by atoms with Crippen LogP contribution in [0.15, 0.2) is 40.2 Å². The SMILES string of the molecule is CC(C)Cn1c(=O)n(C)c(=O)c2cc(C(=O)N3CCN(C(C)(C)c4cn(-c5c(Cl)cc(Cl)cc5Cl)nn4)CC3)cnc21. The molecular weight excluding hydrogens is 603 g/mol. The number of nitrogens with zero attached hydrogens (tertiary/aromatic N) is 8. The van der Waals surface area contributed by atoms with Crippen molar-refractivity contribution in [2.75, 3.05) is 26.2 Å². The highest BCUT2D eigenvalue weighted by Crippen LogP contribution is 2.33. The van der Waals surface area contributed by atoms with E-state index in [-0.39, 0.29) is 22.9 Å². The Hall–Kier alpha value is -3.25. The number of rotatable bonds is 6. The highest BCUT2D eigenvalue weighted by molar-refractivity contribution is 6.40. The number of hydrogen-bond acceptors (Lipinski definition) is 7. The summed E-state index contributed by atoms with van der Waals surface area (Å²) < 4.78 is 4.09. The van der Waals surface area contributed by atoms with Gasteiger partial charge < -0.3 is 4.90 Å². The van der Waals surface area contributed by atoms with E-state index in [0.29, 0.717) is 64.7 Å². The molecule has 1 fully saturated rings. The van der Waals surface area contributed by atoms with Crippen LogP contribution in [0.4, 0.5) is 0 Å². The maximum absolute atomic E-state index is 13.5. The Bertz CT molecular complexity index is 1780. The van der Waals surface area contributed by atoms with E-state index in [2.05, 4.69) is 20.2 Å². The van der Waals surface area contributed by atoms with Gasteiger partial charge in [-0.25, -0.2) is 14.5 Å². The van der Waals surface area contributed by atoms with Crippen LogP contribution in [0.5, 0.6) is 0 Å². The zero-order valence-electron chi connectivity index (χ0n) is 23.9. The molecule has 1 aliphatic rings. The third-order valence-corrected chi connectivity index (χ3v) is 8.45. The predicted octanol–water partition coefficient (Wildman–Crippen LogP) is 3.99. The summed E-state index contributed by atoms with van der Waals surface area (Å²) in [6, 6.07) is 4.74. The fourth-order valence-electron chi connectivity index (χ4n) is 5.24. The van der Waals surface area contributed by atoms with E-state index < -0.39 is 16.8 Å². The smallest absolute Gasteiger partial charge is 0.332 e. The maximum atomic E-state index is 13.5. The minimum absolute atomic E-state index is 0.171. The quantitative estimate of drug-likeness (QED) is 0.316. The number of benzene rings is 1. The van der Waals surface area contributed by atoms with Gasteiger partial charge in [0.05, 0.1) is 32.7 Å². The van der Waals surface area contributed by atoms with E-state index in [1.807, 2.05) is 27.7 Å². The number of piperazine rings is 1. The molecular formula is C28H31Cl3N8O3. The van der Waals surface area contributed by atoms with Crippen LogP contribution in [-0.4, -0.2) is 71.0 Å². The Balaban J connectivity index is 1.33. The van der Waals surface area contributed by atoms with Crippen molar-refractivity contribution in [3.05, 3.63) is 77.8 Å². The molecule has 1 aromatic carbocycles. The van der Waals surface area contributed by atoms with Crippen molar-refractivity contribution in [1.82, 2.24) is 38.9 Å². The van der Waals surface area contributed by atoms with Crippen LogP contribution in [0.25, 0.3) is 16.7 Å². The number of fused-ring (bicyclic) bond motifs is 1. The highest BCUT2D eigenvalue weighted by Gasteiger charge is 2.35. The third kappa shape index (κ3) is 5.46. The second kappa shape index (κ2) is 11.4. The number of hydrogen-bond donors (Lipinski definition) is 0. The fourth-order valence-corrected chi connectivity index (χ4v) is 6.23. The van der Waals surface area contributed by atoms with Gasteiger partial charge in [0.25, 0.3) is 11.5 Å². The first-order valence-corrected chi connectivity index (χ1v) is 14.6. The third-order valence-electron chi connectivity index (χ3n) is 7.66. The van der Waals surface area contributed by atoms with E-state index >= 15 is 0 Å². The summed E-state index contributed by atoms with van der Waals surface area (Å²) in [5.41, 5.74) is 0.397. The Labute approximate surface area is 257 Å². The van der Waals surface area contributed by atoms with Crippen LogP contribution in [0.1, 0.15) is 43.7 Å². The molecule has 222 valence electrons. The molecule has 5 rings (SSSR count). The van der Waals surface area contributed by atoms with Crippen molar-refractivity contribution >= 4 is 51.7 Å². The van der Waals surface area contributed by atoms with E-state index in [4.69, 9.17) is 34.8 Å². The molecule has 4 heterocycles. The van der Waals surface area contributed by atoms with E-state index in [1.165, 1.54) is 22.5 Å². The minimum atomic E-state index is -0.504. The Morgan fingerprint density at radius 1 is 1.02 bits per heavy atom. The van der Waals surface area contributed by atoms with Crippen LogP contribution in [0.2, 0.25) is 15.1 Å². The number of pyridine rings is 1. The van der Waals surface area contributed by atoms with Crippen molar-refractivity contribution < 1.29 is 4.79 Å². The van der Waals surface area contributed by atoms with Crippen LogP contribution < -0.4 is 11.2 Å². The van der Waals surface area contributed by atoms with Gasteiger partial charge in [0.2, 0.25) is 0 Å². The molecule has 11 nitrogen and oxygen atoms in total. The Kier molecular flexibility index (Phi) is 8.23. The fraction of sp³-hybridized carbons (Fsp3) is 0.429. The molecule has 1 amide bonds. The predicted molar refractivity (Wildman–Crippen MR) is 163 cm³/mol. The first-order chi connectivity index (χ1) is 19.8. The highest BCUT2D eigenvalue weighted by atomic mass is 35.5. The summed E-state index contributed by atoms with van der Waals surface area (Å²) in [6.45, 7) is 10.6. The maximum Gasteiger partial charge on any atom is 0.332 e. The minimum Gasteiger partial charge on any atom is -0.336 e. The Morgan fingerprint density at radius 2 is 1.67 bits per heavy atom. The van der Waals surface area contributed by atoms with Gasteiger partial charge in [0.1, 0.15) is 17.0 Å². The summed E-state index contributed by atoms with van der Waals surface area (Å²) in [5.74, 6) is -0.0480. The van der Waals surface area contributed by atoms with E-state index in [0.717, 1.165) is 4.57 Å². The summed E-state index contributed by atoms with van der Waals surface area (Å²) in [6.07, 6.45) is 3.24. The molecule has 3 aromatic heterocycles. The average molecular weight is 634 g/mol. The molecule has 0 saturated carbocycles. The molecule has 1 aliphatic heterocycles. The molecule has 1 saturated heterocycles. The number of amides is 1. The molecule has 0 N–H and O–H groups in total. The van der Waals surface area contributed by atoms with Crippen molar-refractivity contribution in [2.45, 2.75) is 39.8 Å². The van der Waals surface area contributed by atoms with Gasteiger partial charge >= 0.3 is 5.69 Å². The lowest BCUT2D eigenvalue weighted by molar-refractivity contribution is 0.0378. The zero-order chi connectivity index (χ0) is 30.5. The first kappa shape index (κ1) is 30.2. The monoisotopic (exact) mass is 632 g/mol. The molecule has 0 aliphatic carbocycles. The van der Waals surface area contributed by atoms with Crippen LogP contribution >= 0.6 is 34.8 Å².